The lowest BCUT2D eigenvalue weighted by Gasteiger charge is -2.08. The van der Waals surface area contributed by atoms with E-state index in [1.807, 2.05) is 32.3 Å². The number of halogens is 1. The molecular weight excluding hydrogens is 339 g/mol. The van der Waals surface area contributed by atoms with Crippen LogP contribution in [0, 0.1) is 5.82 Å². The zero-order valence-corrected chi connectivity index (χ0v) is 14.5. The van der Waals surface area contributed by atoms with E-state index in [1.165, 1.54) is 19.2 Å². The molecule has 0 spiro atoms. The van der Waals surface area contributed by atoms with Crippen LogP contribution in [0.1, 0.15) is 5.56 Å². The minimum Gasteiger partial charge on any atom is -0.493 e. The van der Waals surface area contributed by atoms with Crippen LogP contribution >= 0.6 is 0 Å². The zero-order chi connectivity index (χ0) is 18.3. The minimum atomic E-state index is -0.454. The standard InChI is InChI=1S/C18H17FN4O3/c1-23(2)9-10-4-5-14-12(6-10)20-17(25-14)22-18-21-13-7-11(19)8-15(24-3)16(13)26-18/h4-8H,9H2,1-3H3,(H,20,21,22). The smallest absolute Gasteiger partial charge is 0.304 e. The molecule has 1 N–H and O–H groups in total. The van der Waals surface area contributed by atoms with Crippen molar-refractivity contribution >= 4 is 34.2 Å². The number of anilines is 2. The third-order valence-electron chi connectivity index (χ3n) is 3.81. The van der Waals surface area contributed by atoms with Gasteiger partial charge in [0.1, 0.15) is 16.9 Å². The normalized spacial score (nSPS) is 11.6. The number of methoxy groups -OCH3 is 1. The first-order chi connectivity index (χ1) is 12.5. The summed E-state index contributed by atoms with van der Waals surface area (Å²) in [6.07, 6.45) is 0. The Kier molecular flexibility index (Phi) is 3.96. The van der Waals surface area contributed by atoms with E-state index in [2.05, 4.69) is 20.2 Å². The summed E-state index contributed by atoms with van der Waals surface area (Å²) in [4.78, 5) is 10.7. The summed E-state index contributed by atoms with van der Waals surface area (Å²) in [6.45, 7) is 0.808. The van der Waals surface area contributed by atoms with Gasteiger partial charge in [0.15, 0.2) is 16.9 Å². The highest BCUT2D eigenvalue weighted by molar-refractivity contribution is 5.81. The minimum absolute atomic E-state index is 0.143. The quantitative estimate of drug-likeness (QED) is 0.581. The van der Waals surface area contributed by atoms with Gasteiger partial charge in [-0.3, -0.25) is 5.32 Å². The van der Waals surface area contributed by atoms with E-state index < -0.39 is 5.82 Å². The van der Waals surface area contributed by atoms with E-state index in [9.17, 15) is 4.39 Å². The summed E-state index contributed by atoms with van der Waals surface area (Å²) in [7, 11) is 5.45. The van der Waals surface area contributed by atoms with E-state index in [0.29, 0.717) is 16.7 Å². The molecule has 0 saturated carbocycles. The number of benzene rings is 2. The van der Waals surface area contributed by atoms with Crippen molar-refractivity contribution in [2.75, 3.05) is 26.5 Å². The second kappa shape index (κ2) is 6.30. The Morgan fingerprint density at radius 2 is 1.85 bits per heavy atom. The van der Waals surface area contributed by atoms with E-state index >= 15 is 0 Å². The molecular formula is C18H17FN4O3. The molecule has 8 heteroatoms. The molecule has 4 rings (SSSR count). The summed E-state index contributed by atoms with van der Waals surface area (Å²) >= 11 is 0. The van der Waals surface area contributed by atoms with Gasteiger partial charge in [-0.25, -0.2) is 4.39 Å². The van der Waals surface area contributed by atoms with Gasteiger partial charge in [-0.1, -0.05) is 6.07 Å². The van der Waals surface area contributed by atoms with Gasteiger partial charge in [0, 0.05) is 18.7 Å². The van der Waals surface area contributed by atoms with Crippen molar-refractivity contribution in [1.29, 1.82) is 0 Å². The number of hydrogen-bond acceptors (Lipinski definition) is 7. The molecule has 2 heterocycles. The van der Waals surface area contributed by atoms with Crippen LogP contribution in [-0.2, 0) is 6.54 Å². The number of hydrogen-bond donors (Lipinski definition) is 1. The van der Waals surface area contributed by atoms with Crippen molar-refractivity contribution in [3.05, 3.63) is 41.7 Å². The molecule has 0 aliphatic carbocycles. The van der Waals surface area contributed by atoms with Crippen LogP contribution in [0.3, 0.4) is 0 Å². The highest BCUT2D eigenvalue weighted by Gasteiger charge is 2.15. The van der Waals surface area contributed by atoms with Crippen LogP contribution in [0.5, 0.6) is 5.75 Å². The van der Waals surface area contributed by atoms with E-state index in [1.54, 1.807) is 0 Å². The molecule has 0 amide bonds. The fraction of sp³-hybridized carbons (Fsp3) is 0.222. The molecule has 7 nitrogen and oxygen atoms in total. The first-order valence-corrected chi connectivity index (χ1v) is 7.97. The molecule has 0 bridgehead atoms. The average Bonchev–Trinajstić information content (AvgIpc) is 3.15. The number of rotatable bonds is 5. The number of ether oxygens (including phenoxy) is 1. The van der Waals surface area contributed by atoms with Crippen LogP contribution in [-0.4, -0.2) is 36.1 Å². The summed E-state index contributed by atoms with van der Waals surface area (Å²) in [5, 5.41) is 2.87. The Morgan fingerprint density at radius 3 is 2.62 bits per heavy atom. The molecule has 0 saturated heterocycles. The van der Waals surface area contributed by atoms with Gasteiger partial charge < -0.3 is 18.5 Å². The third-order valence-corrected chi connectivity index (χ3v) is 3.81. The van der Waals surface area contributed by atoms with Crippen molar-refractivity contribution in [3.8, 4) is 5.75 Å². The Bertz CT molecular complexity index is 1090. The maximum Gasteiger partial charge on any atom is 0.304 e. The number of nitrogens with zero attached hydrogens (tertiary/aromatic N) is 3. The molecule has 26 heavy (non-hydrogen) atoms. The van der Waals surface area contributed by atoms with Gasteiger partial charge in [-0.05, 0) is 31.8 Å². The van der Waals surface area contributed by atoms with Crippen molar-refractivity contribution in [2.24, 2.45) is 0 Å². The first kappa shape index (κ1) is 16.3. The van der Waals surface area contributed by atoms with E-state index in [4.69, 9.17) is 13.6 Å². The number of nitrogens with one attached hydrogen (secondary N) is 1. The molecule has 4 aromatic rings. The SMILES string of the molecule is COc1cc(F)cc2nc(Nc3nc4cc(CN(C)C)ccc4o3)oc12. The maximum absolute atomic E-state index is 13.6. The van der Waals surface area contributed by atoms with Crippen molar-refractivity contribution in [1.82, 2.24) is 14.9 Å². The van der Waals surface area contributed by atoms with Gasteiger partial charge in [0.25, 0.3) is 0 Å². The molecule has 0 radical (unpaired) electrons. The van der Waals surface area contributed by atoms with Gasteiger partial charge in [0.2, 0.25) is 0 Å². The Labute approximate surface area is 148 Å². The number of aromatic nitrogens is 2. The van der Waals surface area contributed by atoms with E-state index in [-0.39, 0.29) is 17.8 Å². The van der Waals surface area contributed by atoms with Crippen LogP contribution in [0.2, 0.25) is 0 Å². The predicted molar refractivity (Wildman–Crippen MR) is 95.2 cm³/mol. The van der Waals surface area contributed by atoms with E-state index in [0.717, 1.165) is 17.6 Å². The largest absolute Gasteiger partial charge is 0.493 e. The molecule has 0 aliphatic heterocycles. The molecule has 2 aromatic heterocycles. The first-order valence-electron chi connectivity index (χ1n) is 7.97. The third kappa shape index (κ3) is 3.06. The fourth-order valence-corrected chi connectivity index (χ4v) is 2.76. The topological polar surface area (TPSA) is 76.6 Å². The fourth-order valence-electron chi connectivity index (χ4n) is 2.76. The second-order valence-corrected chi connectivity index (χ2v) is 6.16. The van der Waals surface area contributed by atoms with Crippen LogP contribution in [0.4, 0.5) is 16.4 Å². The summed E-state index contributed by atoms with van der Waals surface area (Å²) in [5.41, 5.74) is 3.19. The van der Waals surface area contributed by atoms with Crippen LogP contribution in [0.25, 0.3) is 22.2 Å². The Hall–Kier alpha value is -3.13. The molecule has 0 atom stereocenters. The molecule has 0 unspecified atom stereocenters. The van der Waals surface area contributed by atoms with Crippen molar-refractivity contribution in [3.63, 3.8) is 0 Å². The molecule has 0 aliphatic rings. The lowest BCUT2D eigenvalue weighted by molar-refractivity contribution is 0.402. The molecule has 0 fully saturated rings. The van der Waals surface area contributed by atoms with Gasteiger partial charge in [0.05, 0.1) is 7.11 Å². The van der Waals surface area contributed by atoms with Crippen molar-refractivity contribution in [2.45, 2.75) is 6.54 Å². The zero-order valence-electron chi connectivity index (χ0n) is 14.5. The Morgan fingerprint density at radius 1 is 1.08 bits per heavy atom. The Balaban J connectivity index is 1.65. The van der Waals surface area contributed by atoms with Crippen molar-refractivity contribution < 1.29 is 18.0 Å². The van der Waals surface area contributed by atoms with Crippen LogP contribution in [0.15, 0.2) is 39.2 Å². The molecule has 134 valence electrons. The highest BCUT2D eigenvalue weighted by Crippen LogP contribution is 2.31. The second-order valence-electron chi connectivity index (χ2n) is 6.16. The lowest BCUT2D eigenvalue weighted by Crippen LogP contribution is -2.10. The number of oxazole rings is 2. The highest BCUT2D eigenvalue weighted by atomic mass is 19.1. The maximum atomic E-state index is 13.6. The lowest BCUT2D eigenvalue weighted by atomic mass is 10.2. The predicted octanol–water partition coefficient (Wildman–Crippen LogP) is 3.92. The van der Waals surface area contributed by atoms with Gasteiger partial charge in [-0.2, -0.15) is 9.97 Å². The van der Waals surface area contributed by atoms with Crippen LogP contribution < -0.4 is 10.1 Å². The number of fused-ring (bicyclic) bond motifs is 2. The summed E-state index contributed by atoms with van der Waals surface area (Å²) in [6, 6.07) is 8.72. The monoisotopic (exact) mass is 356 g/mol. The molecule has 2 aromatic carbocycles. The summed E-state index contributed by atoms with van der Waals surface area (Å²) in [5.74, 6) is -0.184. The van der Waals surface area contributed by atoms with Gasteiger partial charge in [-0.15, -0.1) is 0 Å². The van der Waals surface area contributed by atoms with Gasteiger partial charge >= 0.3 is 12.0 Å². The summed E-state index contributed by atoms with van der Waals surface area (Å²) < 4.78 is 30.0. The average molecular weight is 356 g/mol.